The van der Waals surface area contributed by atoms with Crippen LogP contribution < -0.4 is 5.32 Å². The van der Waals surface area contributed by atoms with Crippen LogP contribution in [-0.4, -0.2) is 47.7 Å². The molecule has 0 amide bonds. The predicted molar refractivity (Wildman–Crippen MR) is 60.0 cm³/mol. The largest absolute Gasteiger partial charge is 0.480 e. The number of likely N-dealkylation sites (N-methyl/N-ethyl adjacent to an activating group) is 1. The molecule has 1 rings (SSSR count). The Morgan fingerprint density at radius 3 is 2.87 bits per heavy atom. The van der Waals surface area contributed by atoms with Crippen molar-refractivity contribution in [1.29, 1.82) is 0 Å². The van der Waals surface area contributed by atoms with Crippen molar-refractivity contribution < 1.29 is 9.90 Å². The summed E-state index contributed by atoms with van der Waals surface area (Å²) < 4.78 is 0. The predicted octanol–water partition coefficient (Wildman–Crippen LogP) is 0.923. The van der Waals surface area contributed by atoms with Gasteiger partial charge >= 0.3 is 5.97 Å². The summed E-state index contributed by atoms with van der Waals surface area (Å²) in [6.07, 6.45) is 3.66. The number of hydrogen-bond donors (Lipinski definition) is 2. The van der Waals surface area contributed by atoms with E-state index in [4.69, 9.17) is 5.11 Å². The minimum absolute atomic E-state index is 0.421. The van der Waals surface area contributed by atoms with Crippen molar-refractivity contribution in [1.82, 2.24) is 10.2 Å². The summed E-state index contributed by atoms with van der Waals surface area (Å²) in [7, 11) is 0. The topological polar surface area (TPSA) is 52.6 Å². The fourth-order valence-corrected chi connectivity index (χ4v) is 2.14. The molecule has 0 bridgehead atoms. The molecular formula is C11H22N2O2. The highest BCUT2D eigenvalue weighted by molar-refractivity contribution is 5.73. The second-order valence-electron chi connectivity index (χ2n) is 4.29. The number of piperidine rings is 1. The average Bonchev–Trinajstić information content (AvgIpc) is 2.20. The van der Waals surface area contributed by atoms with E-state index in [1.807, 2.05) is 6.92 Å². The van der Waals surface area contributed by atoms with Crippen LogP contribution in [-0.2, 0) is 4.79 Å². The van der Waals surface area contributed by atoms with Gasteiger partial charge in [0.2, 0.25) is 0 Å². The molecule has 1 saturated heterocycles. The Kier molecular flexibility index (Phi) is 5.05. The van der Waals surface area contributed by atoms with Crippen LogP contribution in [0.1, 0.15) is 33.1 Å². The van der Waals surface area contributed by atoms with Crippen molar-refractivity contribution in [3.63, 3.8) is 0 Å². The van der Waals surface area contributed by atoms with Gasteiger partial charge in [0.15, 0.2) is 0 Å². The zero-order chi connectivity index (χ0) is 11.3. The van der Waals surface area contributed by atoms with E-state index in [1.54, 1.807) is 0 Å². The third-order valence-electron chi connectivity index (χ3n) is 3.11. The number of carbonyl (C=O) groups is 1. The molecule has 2 atom stereocenters. The molecule has 0 saturated carbocycles. The number of aliphatic carboxylic acids is 1. The van der Waals surface area contributed by atoms with Crippen LogP contribution in [0.15, 0.2) is 0 Å². The maximum Gasteiger partial charge on any atom is 0.322 e. The van der Waals surface area contributed by atoms with E-state index in [1.165, 1.54) is 19.3 Å². The van der Waals surface area contributed by atoms with Gasteiger partial charge in [-0.15, -0.1) is 0 Å². The van der Waals surface area contributed by atoms with Crippen molar-refractivity contribution in [2.45, 2.75) is 45.2 Å². The minimum Gasteiger partial charge on any atom is -0.480 e. The molecule has 2 N–H and O–H groups in total. The lowest BCUT2D eigenvalue weighted by Crippen LogP contribution is -2.50. The number of rotatable bonds is 5. The fourth-order valence-electron chi connectivity index (χ4n) is 2.14. The molecule has 0 aromatic carbocycles. The van der Waals surface area contributed by atoms with Gasteiger partial charge < -0.3 is 10.4 Å². The summed E-state index contributed by atoms with van der Waals surface area (Å²) in [5, 5.41) is 12.0. The molecule has 4 nitrogen and oxygen atoms in total. The standard InChI is InChI=1S/C11H22N2O2/c1-3-12-10(11(14)15)8-13-7-5-4-6-9(13)2/h9-10,12H,3-8H2,1-2H3,(H,14,15). The number of hydrogen-bond acceptors (Lipinski definition) is 3. The average molecular weight is 214 g/mol. The summed E-state index contributed by atoms with van der Waals surface area (Å²) in [6.45, 7) is 6.50. The van der Waals surface area contributed by atoms with Crippen LogP contribution in [0, 0.1) is 0 Å². The molecule has 0 spiro atoms. The summed E-state index contributed by atoms with van der Waals surface area (Å²) in [6, 6.07) is 0.106. The van der Waals surface area contributed by atoms with Crippen molar-refractivity contribution in [2.75, 3.05) is 19.6 Å². The molecule has 4 heteroatoms. The molecular weight excluding hydrogens is 192 g/mol. The van der Waals surface area contributed by atoms with E-state index in [-0.39, 0.29) is 0 Å². The first kappa shape index (κ1) is 12.5. The number of carboxylic acid groups (broad SMARTS) is 1. The quantitative estimate of drug-likeness (QED) is 0.714. The second kappa shape index (κ2) is 6.08. The van der Waals surface area contributed by atoms with E-state index in [9.17, 15) is 4.79 Å². The van der Waals surface area contributed by atoms with Gasteiger partial charge in [0.25, 0.3) is 0 Å². The molecule has 0 aliphatic carbocycles. The Morgan fingerprint density at radius 1 is 1.60 bits per heavy atom. The Bertz CT molecular complexity index is 209. The van der Waals surface area contributed by atoms with Gasteiger partial charge in [0.05, 0.1) is 0 Å². The minimum atomic E-state index is -0.741. The van der Waals surface area contributed by atoms with Gasteiger partial charge in [-0.25, -0.2) is 0 Å². The molecule has 0 radical (unpaired) electrons. The van der Waals surface area contributed by atoms with Crippen LogP contribution in [0.2, 0.25) is 0 Å². The van der Waals surface area contributed by atoms with Crippen LogP contribution in [0.4, 0.5) is 0 Å². The highest BCUT2D eigenvalue weighted by Crippen LogP contribution is 2.16. The maximum atomic E-state index is 11.0. The summed E-state index contributed by atoms with van der Waals surface area (Å²) in [4.78, 5) is 13.3. The third kappa shape index (κ3) is 3.80. The highest BCUT2D eigenvalue weighted by atomic mass is 16.4. The lowest BCUT2D eigenvalue weighted by Gasteiger charge is -2.35. The van der Waals surface area contributed by atoms with E-state index in [0.717, 1.165) is 6.54 Å². The normalized spacial score (nSPS) is 25.1. The zero-order valence-corrected chi connectivity index (χ0v) is 9.70. The Balaban J connectivity index is 2.44. The first-order chi connectivity index (χ1) is 7.15. The summed E-state index contributed by atoms with van der Waals surface area (Å²) >= 11 is 0. The Labute approximate surface area is 91.6 Å². The van der Waals surface area contributed by atoms with Gasteiger partial charge in [-0.05, 0) is 32.9 Å². The monoisotopic (exact) mass is 214 g/mol. The van der Waals surface area contributed by atoms with Crippen molar-refractivity contribution in [3.8, 4) is 0 Å². The molecule has 0 aromatic heterocycles. The van der Waals surface area contributed by atoms with Crippen LogP contribution in [0.5, 0.6) is 0 Å². The van der Waals surface area contributed by atoms with Gasteiger partial charge in [0.1, 0.15) is 6.04 Å². The number of likely N-dealkylation sites (tertiary alicyclic amines) is 1. The molecule has 2 unspecified atom stereocenters. The molecule has 1 aliphatic rings. The first-order valence-electron chi connectivity index (χ1n) is 5.85. The SMILES string of the molecule is CCNC(CN1CCCCC1C)C(=O)O. The van der Waals surface area contributed by atoms with Crippen LogP contribution in [0.25, 0.3) is 0 Å². The summed E-state index contributed by atoms with van der Waals surface area (Å²) in [5.74, 6) is -0.741. The number of carboxylic acids is 1. The van der Waals surface area contributed by atoms with Gasteiger partial charge in [-0.3, -0.25) is 9.69 Å². The lowest BCUT2D eigenvalue weighted by atomic mass is 10.0. The molecule has 0 aromatic rings. The Morgan fingerprint density at radius 2 is 2.33 bits per heavy atom. The lowest BCUT2D eigenvalue weighted by molar-refractivity contribution is -0.140. The van der Waals surface area contributed by atoms with E-state index < -0.39 is 12.0 Å². The third-order valence-corrected chi connectivity index (χ3v) is 3.11. The number of nitrogens with zero attached hydrogens (tertiary/aromatic N) is 1. The van der Waals surface area contributed by atoms with Crippen molar-refractivity contribution >= 4 is 5.97 Å². The van der Waals surface area contributed by atoms with Crippen molar-refractivity contribution in [2.24, 2.45) is 0 Å². The second-order valence-corrected chi connectivity index (χ2v) is 4.29. The summed E-state index contributed by atoms with van der Waals surface area (Å²) in [5.41, 5.74) is 0. The number of nitrogens with one attached hydrogen (secondary N) is 1. The molecule has 1 fully saturated rings. The van der Waals surface area contributed by atoms with E-state index in [0.29, 0.717) is 19.1 Å². The van der Waals surface area contributed by atoms with Crippen LogP contribution >= 0.6 is 0 Å². The van der Waals surface area contributed by atoms with Gasteiger partial charge in [-0.1, -0.05) is 13.3 Å². The fraction of sp³-hybridized carbons (Fsp3) is 0.909. The molecule has 1 heterocycles. The molecule has 1 aliphatic heterocycles. The smallest absolute Gasteiger partial charge is 0.322 e. The van der Waals surface area contributed by atoms with E-state index >= 15 is 0 Å². The van der Waals surface area contributed by atoms with Crippen molar-refractivity contribution in [3.05, 3.63) is 0 Å². The van der Waals surface area contributed by atoms with E-state index in [2.05, 4.69) is 17.1 Å². The van der Waals surface area contributed by atoms with Crippen LogP contribution in [0.3, 0.4) is 0 Å². The molecule has 15 heavy (non-hydrogen) atoms. The first-order valence-corrected chi connectivity index (χ1v) is 5.85. The highest BCUT2D eigenvalue weighted by Gasteiger charge is 2.24. The Hall–Kier alpha value is -0.610. The maximum absolute atomic E-state index is 11.0. The van der Waals surface area contributed by atoms with Gasteiger partial charge in [0, 0.05) is 12.6 Å². The molecule has 88 valence electrons. The zero-order valence-electron chi connectivity index (χ0n) is 9.70. The van der Waals surface area contributed by atoms with Gasteiger partial charge in [-0.2, -0.15) is 0 Å².